The molecular formula is C21H26N2O2S. The van der Waals surface area contributed by atoms with E-state index in [9.17, 15) is 9.59 Å². The molecule has 1 N–H and O–H groups in total. The maximum Gasteiger partial charge on any atom is 0.242 e. The molecule has 0 saturated carbocycles. The number of nitrogens with one attached hydrogen (secondary N) is 1. The Balaban J connectivity index is 2.01. The molecule has 0 heterocycles. The second-order valence-electron chi connectivity index (χ2n) is 6.28. The van der Waals surface area contributed by atoms with E-state index in [4.69, 9.17) is 0 Å². The summed E-state index contributed by atoms with van der Waals surface area (Å²) in [6.45, 7) is 4.26. The smallest absolute Gasteiger partial charge is 0.242 e. The molecule has 0 aliphatic heterocycles. The van der Waals surface area contributed by atoms with E-state index < -0.39 is 6.04 Å². The molecule has 2 aromatic rings. The van der Waals surface area contributed by atoms with E-state index in [1.165, 1.54) is 11.1 Å². The molecule has 26 heavy (non-hydrogen) atoms. The van der Waals surface area contributed by atoms with Crippen molar-refractivity contribution in [3.05, 3.63) is 71.3 Å². The van der Waals surface area contributed by atoms with Gasteiger partial charge in [0.2, 0.25) is 11.8 Å². The van der Waals surface area contributed by atoms with Crippen molar-refractivity contribution in [2.24, 2.45) is 0 Å². The third-order valence-corrected chi connectivity index (χ3v) is 5.17. The van der Waals surface area contributed by atoms with E-state index in [-0.39, 0.29) is 11.8 Å². The Labute approximate surface area is 160 Å². The largest absolute Gasteiger partial charge is 0.357 e. The van der Waals surface area contributed by atoms with Crippen molar-refractivity contribution in [2.75, 3.05) is 12.8 Å². The lowest BCUT2D eigenvalue weighted by molar-refractivity contribution is -0.138. The minimum Gasteiger partial charge on any atom is -0.357 e. The van der Waals surface area contributed by atoms with Gasteiger partial charge < -0.3 is 10.2 Å². The van der Waals surface area contributed by atoms with Crippen LogP contribution in [0.3, 0.4) is 0 Å². The Kier molecular flexibility index (Phi) is 7.73. The Morgan fingerprint density at radius 2 is 1.77 bits per heavy atom. The second kappa shape index (κ2) is 10.0. The molecular weight excluding hydrogens is 344 g/mol. The summed E-state index contributed by atoms with van der Waals surface area (Å²) < 4.78 is 0. The lowest BCUT2D eigenvalue weighted by atomic mass is 10.1. The summed E-state index contributed by atoms with van der Waals surface area (Å²) in [5, 5.41) is 2.63. The van der Waals surface area contributed by atoms with Gasteiger partial charge in [-0.05, 0) is 25.0 Å². The Bertz CT molecular complexity index is 734. The quantitative estimate of drug-likeness (QED) is 0.775. The van der Waals surface area contributed by atoms with Crippen LogP contribution in [-0.2, 0) is 21.9 Å². The second-order valence-corrected chi connectivity index (χ2v) is 7.26. The molecule has 0 spiro atoms. The summed E-state index contributed by atoms with van der Waals surface area (Å²) in [4.78, 5) is 26.5. The highest BCUT2D eigenvalue weighted by Gasteiger charge is 2.25. The molecule has 0 aromatic heterocycles. The molecule has 1 atom stereocenters. The van der Waals surface area contributed by atoms with Crippen LogP contribution in [-0.4, -0.2) is 35.6 Å². The van der Waals surface area contributed by atoms with Crippen molar-refractivity contribution < 1.29 is 9.59 Å². The summed E-state index contributed by atoms with van der Waals surface area (Å²) in [6, 6.07) is 17.5. The predicted molar refractivity (Wildman–Crippen MR) is 108 cm³/mol. The zero-order valence-electron chi connectivity index (χ0n) is 15.6. The molecule has 138 valence electrons. The number of aryl methyl sites for hydroxylation is 1. The fourth-order valence-corrected chi connectivity index (χ4v) is 3.57. The summed E-state index contributed by atoms with van der Waals surface area (Å²) in [7, 11) is 1.59. The summed E-state index contributed by atoms with van der Waals surface area (Å²) in [6.07, 6.45) is 0. The van der Waals surface area contributed by atoms with Crippen LogP contribution < -0.4 is 5.32 Å². The molecule has 0 saturated heterocycles. The monoisotopic (exact) mass is 370 g/mol. The van der Waals surface area contributed by atoms with E-state index in [0.29, 0.717) is 12.3 Å². The van der Waals surface area contributed by atoms with Crippen LogP contribution in [0.15, 0.2) is 54.6 Å². The van der Waals surface area contributed by atoms with Crippen molar-refractivity contribution in [1.82, 2.24) is 10.2 Å². The van der Waals surface area contributed by atoms with Crippen molar-refractivity contribution in [1.29, 1.82) is 0 Å². The minimum absolute atomic E-state index is 0.0254. The van der Waals surface area contributed by atoms with E-state index in [1.807, 2.05) is 36.4 Å². The van der Waals surface area contributed by atoms with Gasteiger partial charge in [0.05, 0.1) is 5.75 Å². The molecule has 2 amide bonds. The van der Waals surface area contributed by atoms with Gasteiger partial charge in [-0.25, -0.2) is 0 Å². The van der Waals surface area contributed by atoms with Gasteiger partial charge in [0.25, 0.3) is 0 Å². The molecule has 0 radical (unpaired) electrons. The maximum absolute atomic E-state index is 12.8. The SMILES string of the molecule is CNC(=O)C(C)N(Cc1ccccc1)C(=O)CSCc1cccc(C)c1. The Morgan fingerprint density at radius 3 is 2.42 bits per heavy atom. The lowest BCUT2D eigenvalue weighted by Crippen LogP contribution is -2.47. The topological polar surface area (TPSA) is 49.4 Å². The number of thioether (sulfide) groups is 1. The number of hydrogen-bond acceptors (Lipinski definition) is 3. The minimum atomic E-state index is -0.507. The average Bonchev–Trinajstić information content (AvgIpc) is 2.65. The zero-order valence-corrected chi connectivity index (χ0v) is 16.4. The van der Waals surface area contributed by atoms with Crippen LogP contribution in [0.5, 0.6) is 0 Å². The highest BCUT2D eigenvalue weighted by atomic mass is 32.2. The molecule has 0 fully saturated rings. The molecule has 4 nitrogen and oxygen atoms in total. The van der Waals surface area contributed by atoms with Gasteiger partial charge >= 0.3 is 0 Å². The van der Waals surface area contributed by atoms with Crippen LogP contribution in [0, 0.1) is 6.92 Å². The first kappa shape index (κ1) is 20.0. The third kappa shape index (κ3) is 5.92. The highest BCUT2D eigenvalue weighted by molar-refractivity contribution is 7.99. The van der Waals surface area contributed by atoms with Crippen LogP contribution in [0.2, 0.25) is 0 Å². The van der Waals surface area contributed by atoms with Gasteiger partial charge in [-0.3, -0.25) is 9.59 Å². The number of amides is 2. The number of carbonyl (C=O) groups excluding carboxylic acids is 2. The average molecular weight is 371 g/mol. The molecule has 0 aliphatic rings. The number of carbonyl (C=O) groups is 2. The van der Waals surface area contributed by atoms with Crippen molar-refractivity contribution in [2.45, 2.75) is 32.2 Å². The lowest BCUT2D eigenvalue weighted by Gasteiger charge is -2.28. The predicted octanol–water partition coefficient (Wildman–Crippen LogP) is 3.39. The Morgan fingerprint density at radius 1 is 1.08 bits per heavy atom. The van der Waals surface area contributed by atoms with Gasteiger partial charge in [-0.2, -0.15) is 0 Å². The first-order valence-corrected chi connectivity index (χ1v) is 9.85. The number of rotatable bonds is 8. The van der Waals surface area contributed by atoms with Gasteiger partial charge in [0, 0.05) is 19.3 Å². The fourth-order valence-electron chi connectivity index (χ4n) is 2.71. The van der Waals surface area contributed by atoms with Gasteiger partial charge in [0.1, 0.15) is 6.04 Å². The highest BCUT2D eigenvalue weighted by Crippen LogP contribution is 2.16. The van der Waals surface area contributed by atoms with Crippen LogP contribution >= 0.6 is 11.8 Å². The first-order valence-electron chi connectivity index (χ1n) is 8.69. The molecule has 0 aliphatic carbocycles. The summed E-state index contributed by atoms with van der Waals surface area (Å²) in [5.41, 5.74) is 3.44. The number of likely N-dealkylation sites (N-methyl/N-ethyl adjacent to an activating group) is 1. The van der Waals surface area contributed by atoms with Gasteiger partial charge in [0.15, 0.2) is 0 Å². The van der Waals surface area contributed by atoms with Crippen LogP contribution in [0.4, 0.5) is 0 Å². The van der Waals surface area contributed by atoms with Crippen molar-refractivity contribution >= 4 is 23.6 Å². The number of benzene rings is 2. The normalized spacial score (nSPS) is 11.7. The number of hydrogen-bond donors (Lipinski definition) is 1. The standard InChI is InChI=1S/C21H26N2O2S/c1-16-8-7-11-19(12-16)14-26-15-20(24)23(17(2)21(25)22-3)13-18-9-5-4-6-10-18/h4-12,17H,13-15H2,1-3H3,(H,22,25). The van der Waals surface area contributed by atoms with Gasteiger partial charge in [-0.15, -0.1) is 11.8 Å². The molecule has 2 aromatic carbocycles. The molecule has 0 bridgehead atoms. The van der Waals surface area contributed by atoms with E-state index in [2.05, 4.69) is 30.4 Å². The van der Waals surface area contributed by atoms with Crippen molar-refractivity contribution in [3.8, 4) is 0 Å². The number of nitrogens with zero attached hydrogens (tertiary/aromatic N) is 1. The van der Waals surface area contributed by atoms with Crippen LogP contribution in [0.25, 0.3) is 0 Å². The molecule has 5 heteroatoms. The van der Waals surface area contributed by atoms with E-state index >= 15 is 0 Å². The fraction of sp³-hybridized carbons (Fsp3) is 0.333. The first-order chi connectivity index (χ1) is 12.5. The van der Waals surface area contributed by atoms with Crippen molar-refractivity contribution in [3.63, 3.8) is 0 Å². The molecule has 2 rings (SSSR count). The zero-order chi connectivity index (χ0) is 18.9. The van der Waals surface area contributed by atoms with E-state index in [1.54, 1.807) is 30.6 Å². The van der Waals surface area contributed by atoms with Crippen LogP contribution in [0.1, 0.15) is 23.6 Å². The summed E-state index contributed by atoms with van der Waals surface area (Å²) in [5.74, 6) is 0.948. The maximum atomic E-state index is 12.8. The molecule has 1 unspecified atom stereocenters. The van der Waals surface area contributed by atoms with Gasteiger partial charge in [-0.1, -0.05) is 60.2 Å². The summed E-state index contributed by atoms with van der Waals surface area (Å²) >= 11 is 1.58. The van der Waals surface area contributed by atoms with E-state index in [0.717, 1.165) is 11.3 Å². The third-order valence-electron chi connectivity index (χ3n) is 4.19. The Hall–Kier alpha value is -2.27.